The van der Waals surface area contributed by atoms with Crippen LogP contribution in [0.2, 0.25) is 5.02 Å². The van der Waals surface area contributed by atoms with Gasteiger partial charge in [-0.05, 0) is 43.2 Å². The van der Waals surface area contributed by atoms with Gasteiger partial charge >= 0.3 is 0 Å². The molecule has 0 bridgehead atoms. The van der Waals surface area contributed by atoms with Crippen molar-refractivity contribution in [2.45, 2.75) is 39.5 Å². The first kappa shape index (κ1) is 14.5. The van der Waals surface area contributed by atoms with Crippen LogP contribution in [-0.2, 0) is 11.2 Å². The van der Waals surface area contributed by atoms with E-state index in [0.29, 0.717) is 22.4 Å². The van der Waals surface area contributed by atoms with Crippen molar-refractivity contribution in [3.8, 4) is 0 Å². The largest absolute Gasteiger partial charge is 0.299 e. The molecule has 0 N–H and O–H groups in total. The minimum Gasteiger partial charge on any atom is -0.299 e. The van der Waals surface area contributed by atoms with Crippen LogP contribution in [0, 0.1) is 23.6 Å². The molecule has 3 atom stereocenters. The van der Waals surface area contributed by atoms with Crippen LogP contribution in [0.25, 0.3) is 0 Å². The molecule has 1 nitrogen and oxygen atoms in total. The van der Waals surface area contributed by atoms with Crippen LogP contribution in [0.1, 0.15) is 38.7 Å². The van der Waals surface area contributed by atoms with E-state index in [1.807, 2.05) is 0 Å². The molecular formula is C16H20ClFO. The third-order valence-corrected chi connectivity index (χ3v) is 4.82. The predicted molar refractivity (Wildman–Crippen MR) is 75.8 cm³/mol. The number of carbonyl (C=O) groups is 1. The zero-order chi connectivity index (χ0) is 14.0. The Bertz CT molecular complexity index is 452. The molecule has 3 unspecified atom stereocenters. The molecule has 1 aliphatic rings. The molecule has 1 aliphatic carbocycles. The second-order valence-electron chi connectivity index (χ2n) is 5.81. The number of benzene rings is 1. The van der Waals surface area contributed by atoms with Crippen molar-refractivity contribution in [2.24, 2.45) is 17.8 Å². The number of ketones is 1. The number of hydrogen-bond acceptors (Lipinski definition) is 1. The highest BCUT2D eigenvalue weighted by Crippen LogP contribution is 2.34. The Hall–Kier alpha value is -0.890. The normalized spacial score (nSPS) is 27.3. The molecule has 3 heteroatoms. The summed E-state index contributed by atoms with van der Waals surface area (Å²) >= 11 is 5.97. The third kappa shape index (κ3) is 3.36. The van der Waals surface area contributed by atoms with Gasteiger partial charge in [-0.1, -0.05) is 31.5 Å². The van der Waals surface area contributed by atoms with E-state index in [0.717, 1.165) is 19.3 Å². The van der Waals surface area contributed by atoms with Crippen molar-refractivity contribution in [3.05, 3.63) is 34.6 Å². The van der Waals surface area contributed by atoms with Crippen molar-refractivity contribution in [1.82, 2.24) is 0 Å². The summed E-state index contributed by atoms with van der Waals surface area (Å²) in [6, 6.07) is 4.56. The fourth-order valence-corrected chi connectivity index (χ4v) is 3.09. The maximum Gasteiger partial charge on any atom is 0.140 e. The lowest BCUT2D eigenvalue weighted by Crippen LogP contribution is -2.27. The van der Waals surface area contributed by atoms with Gasteiger partial charge in [0, 0.05) is 22.9 Å². The minimum absolute atomic E-state index is 0.0712. The highest BCUT2D eigenvalue weighted by atomic mass is 35.5. The molecule has 0 aliphatic heterocycles. The molecule has 0 spiro atoms. The van der Waals surface area contributed by atoms with Crippen LogP contribution in [0.5, 0.6) is 0 Å². The number of carbonyl (C=O) groups excluding carboxylic acids is 1. The van der Waals surface area contributed by atoms with Crippen molar-refractivity contribution >= 4 is 17.4 Å². The van der Waals surface area contributed by atoms with Crippen LogP contribution in [0.15, 0.2) is 18.2 Å². The van der Waals surface area contributed by atoms with Gasteiger partial charge in [0.15, 0.2) is 0 Å². The summed E-state index contributed by atoms with van der Waals surface area (Å²) in [7, 11) is 0. The van der Waals surface area contributed by atoms with Crippen LogP contribution in [0.4, 0.5) is 4.39 Å². The standard InChI is InChI=1S/C16H20ClFO/c1-10-6-7-12(8-11(10)2)16(19)9-13-14(17)4-3-5-15(13)18/h3-5,10-12H,6-9H2,1-2H3. The fourth-order valence-electron chi connectivity index (χ4n) is 2.86. The molecule has 1 fully saturated rings. The Kier molecular flexibility index (Phi) is 4.62. The summed E-state index contributed by atoms with van der Waals surface area (Å²) in [4.78, 5) is 12.3. The Morgan fingerprint density at radius 3 is 2.68 bits per heavy atom. The smallest absolute Gasteiger partial charge is 0.140 e. The monoisotopic (exact) mass is 282 g/mol. The molecule has 19 heavy (non-hydrogen) atoms. The van der Waals surface area contributed by atoms with E-state index in [4.69, 9.17) is 11.6 Å². The van der Waals surface area contributed by atoms with Crippen molar-refractivity contribution in [1.29, 1.82) is 0 Å². The highest BCUT2D eigenvalue weighted by molar-refractivity contribution is 6.31. The van der Waals surface area contributed by atoms with Gasteiger partial charge in [0.25, 0.3) is 0 Å². The maximum atomic E-state index is 13.7. The summed E-state index contributed by atoms with van der Waals surface area (Å²) in [6.45, 7) is 4.43. The topological polar surface area (TPSA) is 17.1 Å². The summed E-state index contributed by atoms with van der Waals surface area (Å²) in [6.07, 6.45) is 3.06. The van der Waals surface area contributed by atoms with Crippen molar-refractivity contribution in [2.75, 3.05) is 0 Å². The average Bonchev–Trinajstić information content (AvgIpc) is 2.37. The predicted octanol–water partition coefficient (Wildman–Crippen LogP) is 4.66. The lowest BCUT2D eigenvalue weighted by molar-refractivity contribution is -0.124. The van der Waals surface area contributed by atoms with Gasteiger partial charge in [0.1, 0.15) is 11.6 Å². The van der Waals surface area contributed by atoms with Crippen molar-refractivity contribution in [3.63, 3.8) is 0 Å². The maximum absolute atomic E-state index is 13.7. The summed E-state index contributed by atoms with van der Waals surface area (Å²) in [5.74, 6) is 1.07. The second kappa shape index (κ2) is 6.04. The molecule has 0 radical (unpaired) electrons. The molecule has 0 heterocycles. The SMILES string of the molecule is CC1CCC(C(=O)Cc2c(F)cccc2Cl)CC1C. The third-order valence-electron chi connectivity index (χ3n) is 4.47. The number of rotatable bonds is 3. The van der Waals surface area contributed by atoms with Crippen LogP contribution in [-0.4, -0.2) is 5.78 Å². The summed E-state index contributed by atoms with van der Waals surface area (Å²) in [5.41, 5.74) is 0.348. The van der Waals surface area contributed by atoms with Crippen LogP contribution < -0.4 is 0 Å². The van der Waals surface area contributed by atoms with Crippen molar-refractivity contribution < 1.29 is 9.18 Å². The first-order chi connectivity index (χ1) is 8.99. The van der Waals surface area contributed by atoms with Gasteiger partial charge in [-0.2, -0.15) is 0 Å². The molecule has 1 aromatic carbocycles. The average molecular weight is 283 g/mol. The van der Waals surface area contributed by atoms with Gasteiger partial charge < -0.3 is 0 Å². The first-order valence-electron chi connectivity index (χ1n) is 6.94. The van der Waals surface area contributed by atoms with Crippen LogP contribution in [0.3, 0.4) is 0 Å². The number of hydrogen-bond donors (Lipinski definition) is 0. The van der Waals surface area contributed by atoms with Gasteiger partial charge in [-0.15, -0.1) is 0 Å². The summed E-state index contributed by atoms with van der Waals surface area (Å²) in [5, 5.41) is 0.352. The molecule has 0 amide bonds. The van der Waals surface area contributed by atoms with Gasteiger partial charge in [-0.25, -0.2) is 4.39 Å². The Labute approximate surface area is 119 Å². The van der Waals surface area contributed by atoms with Gasteiger partial charge in [0.2, 0.25) is 0 Å². The van der Waals surface area contributed by atoms with E-state index in [2.05, 4.69) is 13.8 Å². The molecule has 0 aromatic heterocycles. The molecule has 1 saturated carbocycles. The Morgan fingerprint density at radius 1 is 1.32 bits per heavy atom. The quantitative estimate of drug-likeness (QED) is 0.788. The van der Waals surface area contributed by atoms with E-state index in [1.54, 1.807) is 12.1 Å². The summed E-state index contributed by atoms with van der Waals surface area (Å²) < 4.78 is 13.7. The highest BCUT2D eigenvalue weighted by Gasteiger charge is 2.29. The molecule has 0 saturated heterocycles. The molecule has 1 aromatic rings. The Balaban J connectivity index is 2.05. The van der Waals surface area contributed by atoms with E-state index < -0.39 is 0 Å². The molecule has 104 valence electrons. The lowest BCUT2D eigenvalue weighted by atomic mass is 9.73. The first-order valence-corrected chi connectivity index (χ1v) is 7.32. The Morgan fingerprint density at radius 2 is 2.05 bits per heavy atom. The van der Waals surface area contributed by atoms with Crippen LogP contribution >= 0.6 is 11.6 Å². The number of Topliss-reactive ketones (excluding diaryl/α,β-unsaturated/α-hetero) is 1. The zero-order valence-corrected chi connectivity index (χ0v) is 12.2. The van der Waals surface area contributed by atoms with E-state index in [9.17, 15) is 9.18 Å². The van der Waals surface area contributed by atoms with Gasteiger partial charge in [-0.3, -0.25) is 4.79 Å². The van der Waals surface area contributed by atoms with E-state index >= 15 is 0 Å². The lowest BCUT2D eigenvalue weighted by Gasteiger charge is -2.31. The van der Waals surface area contributed by atoms with E-state index in [-0.39, 0.29) is 23.9 Å². The van der Waals surface area contributed by atoms with Gasteiger partial charge in [0.05, 0.1) is 0 Å². The molecule has 2 rings (SSSR count). The number of halogens is 2. The molecular weight excluding hydrogens is 263 g/mol. The van der Waals surface area contributed by atoms with E-state index in [1.165, 1.54) is 6.07 Å². The second-order valence-corrected chi connectivity index (χ2v) is 6.22. The fraction of sp³-hybridized carbons (Fsp3) is 0.562. The minimum atomic E-state index is -0.377. The zero-order valence-electron chi connectivity index (χ0n) is 11.5.